The molecule has 0 aliphatic rings. The molecule has 7 nitrogen and oxygen atoms in total. The summed E-state index contributed by atoms with van der Waals surface area (Å²) in [6, 6.07) is 9.83. The predicted molar refractivity (Wildman–Crippen MR) is 98.6 cm³/mol. The summed E-state index contributed by atoms with van der Waals surface area (Å²) in [5.41, 5.74) is 1.01. The molecule has 3 rings (SSSR count). The topological polar surface area (TPSA) is 98.2 Å². The van der Waals surface area contributed by atoms with Crippen molar-refractivity contribution in [3.05, 3.63) is 53.1 Å². The van der Waals surface area contributed by atoms with Crippen LogP contribution in [0.4, 0.5) is 0 Å². The van der Waals surface area contributed by atoms with E-state index in [0.717, 1.165) is 11.7 Å². The third-order valence-electron chi connectivity index (χ3n) is 3.55. The van der Waals surface area contributed by atoms with Crippen LogP contribution in [0, 0.1) is 0 Å². The Hall–Kier alpha value is -2.07. The summed E-state index contributed by atoms with van der Waals surface area (Å²) >= 11 is 7.06. The number of sulfonamides is 1. The molecule has 136 valence electrons. The summed E-state index contributed by atoms with van der Waals surface area (Å²) in [6.07, 6.45) is 0. The molecule has 0 aliphatic heterocycles. The standard InChI is InChI=1S/C16H14ClN3O4S2/c1-2-24-16(21)14(10-6-3-4-7-11(10)17)20-26(22,23)13-9-5-8-12-15(13)19-25-18-12/h3-9,14,20H,2H2,1H3/t14-/m1/s1. The van der Waals surface area contributed by atoms with E-state index in [1.54, 1.807) is 43.3 Å². The molecule has 0 bridgehead atoms. The fraction of sp³-hybridized carbons (Fsp3) is 0.188. The smallest absolute Gasteiger partial charge is 0.328 e. The van der Waals surface area contributed by atoms with Gasteiger partial charge in [0.2, 0.25) is 10.0 Å². The van der Waals surface area contributed by atoms with Crippen LogP contribution < -0.4 is 4.72 Å². The predicted octanol–water partition coefficient (Wildman–Crippen LogP) is 2.93. The van der Waals surface area contributed by atoms with E-state index in [9.17, 15) is 13.2 Å². The van der Waals surface area contributed by atoms with E-state index in [2.05, 4.69) is 13.5 Å². The number of rotatable bonds is 6. The third-order valence-corrected chi connectivity index (χ3v) is 5.89. The monoisotopic (exact) mass is 411 g/mol. The first-order valence-electron chi connectivity index (χ1n) is 7.58. The highest BCUT2D eigenvalue weighted by molar-refractivity contribution is 7.89. The molecule has 10 heteroatoms. The van der Waals surface area contributed by atoms with E-state index >= 15 is 0 Å². The molecule has 0 saturated heterocycles. The Morgan fingerprint density at radius 2 is 2.00 bits per heavy atom. The second-order valence-corrected chi connectivity index (χ2v) is 7.83. The summed E-state index contributed by atoms with van der Waals surface area (Å²) < 4.78 is 41.3. The van der Waals surface area contributed by atoms with Gasteiger partial charge in [0, 0.05) is 5.02 Å². The van der Waals surface area contributed by atoms with Crippen molar-refractivity contribution >= 4 is 50.4 Å². The van der Waals surface area contributed by atoms with Gasteiger partial charge in [-0.1, -0.05) is 35.9 Å². The molecule has 1 heterocycles. The number of hydrogen-bond donors (Lipinski definition) is 1. The number of carbonyl (C=O) groups excluding carboxylic acids is 1. The van der Waals surface area contributed by atoms with Crippen LogP contribution in [0.15, 0.2) is 47.4 Å². The second-order valence-electron chi connectivity index (χ2n) is 5.22. The molecule has 0 unspecified atom stereocenters. The second kappa shape index (κ2) is 7.67. The van der Waals surface area contributed by atoms with Crippen LogP contribution in [-0.2, 0) is 19.6 Å². The van der Waals surface area contributed by atoms with Gasteiger partial charge in [-0.2, -0.15) is 13.5 Å². The number of hydrogen-bond acceptors (Lipinski definition) is 7. The van der Waals surface area contributed by atoms with Crippen LogP contribution in [0.1, 0.15) is 18.5 Å². The van der Waals surface area contributed by atoms with Gasteiger partial charge in [0.05, 0.1) is 18.3 Å². The van der Waals surface area contributed by atoms with Crippen molar-refractivity contribution in [1.82, 2.24) is 13.5 Å². The Labute approximate surface area is 159 Å². The summed E-state index contributed by atoms with van der Waals surface area (Å²) in [5.74, 6) is -0.743. The molecule has 0 spiro atoms. The molecule has 1 aromatic heterocycles. The van der Waals surface area contributed by atoms with Crippen LogP contribution in [0.2, 0.25) is 5.02 Å². The van der Waals surface area contributed by atoms with Crippen LogP contribution in [-0.4, -0.2) is 29.7 Å². The maximum absolute atomic E-state index is 12.9. The molecule has 1 N–H and O–H groups in total. The van der Waals surface area contributed by atoms with Crippen molar-refractivity contribution in [2.45, 2.75) is 17.9 Å². The highest BCUT2D eigenvalue weighted by Crippen LogP contribution is 2.27. The molecule has 0 amide bonds. The molecule has 0 fully saturated rings. The molecule has 3 aromatic rings. The van der Waals surface area contributed by atoms with E-state index in [4.69, 9.17) is 16.3 Å². The van der Waals surface area contributed by atoms with Crippen molar-refractivity contribution in [2.24, 2.45) is 0 Å². The molecule has 0 aliphatic carbocycles. The molecule has 0 saturated carbocycles. The Kier molecular flexibility index (Phi) is 5.52. The zero-order valence-electron chi connectivity index (χ0n) is 13.5. The number of benzene rings is 2. The van der Waals surface area contributed by atoms with Gasteiger partial charge in [-0.3, -0.25) is 0 Å². The van der Waals surface area contributed by atoms with Gasteiger partial charge < -0.3 is 4.74 Å². The quantitative estimate of drug-likeness (QED) is 0.626. The molecule has 2 aromatic carbocycles. The van der Waals surface area contributed by atoms with E-state index in [1.165, 1.54) is 6.07 Å². The van der Waals surface area contributed by atoms with Crippen LogP contribution in [0.25, 0.3) is 11.0 Å². The van der Waals surface area contributed by atoms with Gasteiger partial charge in [-0.15, -0.1) is 0 Å². The number of esters is 1. The van der Waals surface area contributed by atoms with Gasteiger partial charge >= 0.3 is 5.97 Å². The van der Waals surface area contributed by atoms with Crippen LogP contribution >= 0.6 is 23.3 Å². The average molecular weight is 412 g/mol. The van der Waals surface area contributed by atoms with Crippen LogP contribution in [0.3, 0.4) is 0 Å². The van der Waals surface area contributed by atoms with E-state index in [-0.39, 0.29) is 22.0 Å². The van der Waals surface area contributed by atoms with Crippen molar-refractivity contribution in [3.8, 4) is 0 Å². The number of aromatic nitrogens is 2. The maximum Gasteiger partial charge on any atom is 0.328 e. The zero-order chi connectivity index (χ0) is 18.7. The van der Waals surface area contributed by atoms with Gasteiger partial charge in [-0.05, 0) is 30.7 Å². The van der Waals surface area contributed by atoms with Gasteiger partial charge in [-0.25, -0.2) is 13.2 Å². The lowest BCUT2D eigenvalue weighted by Crippen LogP contribution is -2.35. The largest absolute Gasteiger partial charge is 0.465 e. The fourth-order valence-corrected chi connectivity index (χ4v) is 4.57. The lowest BCUT2D eigenvalue weighted by molar-refractivity contribution is -0.145. The first-order chi connectivity index (χ1) is 12.4. The Bertz CT molecular complexity index is 1050. The number of carbonyl (C=O) groups is 1. The first kappa shape index (κ1) is 18.7. The lowest BCUT2D eigenvalue weighted by atomic mass is 10.1. The highest BCUT2D eigenvalue weighted by atomic mass is 35.5. The molecular formula is C16H14ClN3O4S2. The minimum absolute atomic E-state index is 0.0647. The van der Waals surface area contributed by atoms with Crippen molar-refractivity contribution in [2.75, 3.05) is 6.61 Å². The van der Waals surface area contributed by atoms with E-state index in [0.29, 0.717) is 11.1 Å². The number of nitrogens with one attached hydrogen (secondary N) is 1. The number of fused-ring (bicyclic) bond motifs is 1. The van der Waals surface area contributed by atoms with Gasteiger partial charge in [0.25, 0.3) is 0 Å². The fourth-order valence-electron chi connectivity index (χ4n) is 2.39. The van der Waals surface area contributed by atoms with Gasteiger partial charge in [0.1, 0.15) is 22.0 Å². The van der Waals surface area contributed by atoms with E-state index < -0.39 is 22.0 Å². The van der Waals surface area contributed by atoms with E-state index in [1.807, 2.05) is 0 Å². The van der Waals surface area contributed by atoms with Gasteiger partial charge in [0.15, 0.2) is 0 Å². The summed E-state index contributed by atoms with van der Waals surface area (Å²) in [6.45, 7) is 1.74. The molecule has 1 atom stereocenters. The minimum atomic E-state index is -4.09. The Balaban J connectivity index is 2.04. The SMILES string of the molecule is CCOC(=O)[C@H](NS(=O)(=O)c1cccc2nsnc12)c1ccccc1Cl. The first-order valence-corrected chi connectivity index (χ1v) is 10.2. The van der Waals surface area contributed by atoms with Crippen molar-refractivity contribution in [1.29, 1.82) is 0 Å². The Morgan fingerprint density at radius 3 is 2.73 bits per heavy atom. The zero-order valence-corrected chi connectivity index (χ0v) is 15.9. The molecular weight excluding hydrogens is 398 g/mol. The minimum Gasteiger partial charge on any atom is -0.465 e. The number of nitrogens with zero attached hydrogens (tertiary/aromatic N) is 2. The highest BCUT2D eigenvalue weighted by Gasteiger charge is 2.31. The molecule has 0 radical (unpaired) electrons. The maximum atomic E-state index is 12.9. The summed E-state index contributed by atoms with van der Waals surface area (Å²) in [4.78, 5) is 12.3. The lowest BCUT2D eigenvalue weighted by Gasteiger charge is -2.19. The summed E-state index contributed by atoms with van der Waals surface area (Å²) in [5, 5.41) is 0.252. The summed E-state index contributed by atoms with van der Waals surface area (Å²) in [7, 11) is -4.09. The molecule has 26 heavy (non-hydrogen) atoms. The normalized spacial score (nSPS) is 12.8. The Morgan fingerprint density at radius 1 is 1.23 bits per heavy atom. The van der Waals surface area contributed by atoms with Crippen molar-refractivity contribution < 1.29 is 17.9 Å². The van der Waals surface area contributed by atoms with Crippen LogP contribution in [0.5, 0.6) is 0 Å². The number of halogens is 1. The van der Waals surface area contributed by atoms with Crippen molar-refractivity contribution in [3.63, 3.8) is 0 Å². The number of ether oxygens (including phenoxy) is 1. The third kappa shape index (κ3) is 3.70. The average Bonchev–Trinajstić information content (AvgIpc) is 3.09.